The van der Waals surface area contributed by atoms with Crippen LogP contribution in [-0.2, 0) is 0 Å². The van der Waals surface area contributed by atoms with Crippen molar-refractivity contribution in [3.8, 4) is 0 Å². The van der Waals surface area contributed by atoms with Gasteiger partial charge in [0.25, 0.3) is 0 Å². The van der Waals surface area contributed by atoms with Gasteiger partial charge in [-0.25, -0.2) is 4.79 Å². The molecule has 3 N–H and O–H groups in total. The van der Waals surface area contributed by atoms with E-state index in [0.717, 1.165) is 51.2 Å². The molecule has 1 unspecified atom stereocenters. The maximum Gasteiger partial charge on any atom is 0.317 e. The Kier molecular flexibility index (Phi) is 6.34. The average Bonchev–Trinajstić information content (AvgIpc) is 2.35. The highest BCUT2D eigenvalue weighted by atomic mass is 16.2. The third-order valence-electron chi connectivity index (χ3n) is 3.77. The van der Waals surface area contributed by atoms with E-state index >= 15 is 0 Å². The minimum atomic E-state index is 0.104. The van der Waals surface area contributed by atoms with E-state index < -0.39 is 0 Å². The number of urea groups is 1. The van der Waals surface area contributed by atoms with E-state index in [0.29, 0.717) is 12.5 Å². The van der Waals surface area contributed by atoms with Crippen LogP contribution in [0.4, 0.5) is 4.79 Å². The molecule has 0 saturated carbocycles. The van der Waals surface area contributed by atoms with Crippen LogP contribution >= 0.6 is 0 Å². The van der Waals surface area contributed by atoms with Crippen LogP contribution in [0.5, 0.6) is 0 Å². The number of carbonyl (C=O) groups is 1. The van der Waals surface area contributed by atoms with Gasteiger partial charge in [-0.05, 0) is 37.6 Å². The molecular weight excluding hydrogens is 214 g/mol. The van der Waals surface area contributed by atoms with Crippen LogP contribution < -0.4 is 11.1 Å². The summed E-state index contributed by atoms with van der Waals surface area (Å²) in [6.07, 6.45) is 4.34. The van der Waals surface area contributed by atoms with E-state index in [-0.39, 0.29) is 6.03 Å². The number of carbonyl (C=O) groups excluding carboxylic acids is 1. The van der Waals surface area contributed by atoms with Crippen LogP contribution in [0.2, 0.25) is 0 Å². The Balaban J connectivity index is 2.24. The molecule has 1 rings (SSSR count). The van der Waals surface area contributed by atoms with E-state index in [1.165, 1.54) is 0 Å². The molecule has 0 spiro atoms. The van der Waals surface area contributed by atoms with Gasteiger partial charge in [0.2, 0.25) is 0 Å². The summed E-state index contributed by atoms with van der Waals surface area (Å²) in [6.45, 7) is 7.67. The fourth-order valence-electron chi connectivity index (χ4n) is 2.24. The van der Waals surface area contributed by atoms with Crippen LogP contribution in [0.15, 0.2) is 0 Å². The van der Waals surface area contributed by atoms with Crippen molar-refractivity contribution >= 4 is 6.03 Å². The Morgan fingerprint density at radius 3 is 2.65 bits per heavy atom. The number of likely N-dealkylation sites (tertiary alicyclic amines) is 1. The standard InChI is InChI=1S/C13H27N3O/c1-3-12(4-7-14)10-15-13(17)16-8-5-11(2)6-9-16/h11-12H,3-10,14H2,1-2H3,(H,15,17). The number of rotatable bonds is 5. The predicted octanol–water partition coefficient (Wildman–Crippen LogP) is 1.80. The van der Waals surface area contributed by atoms with Gasteiger partial charge in [-0.15, -0.1) is 0 Å². The second-order valence-corrected chi connectivity index (χ2v) is 5.21. The number of nitrogens with one attached hydrogen (secondary N) is 1. The summed E-state index contributed by atoms with van der Waals surface area (Å²) in [7, 11) is 0. The normalized spacial score (nSPS) is 19.1. The molecule has 100 valence electrons. The number of amides is 2. The molecule has 1 aliphatic heterocycles. The molecular formula is C13H27N3O. The smallest absolute Gasteiger partial charge is 0.317 e. The first-order valence-electron chi connectivity index (χ1n) is 6.90. The fraction of sp³-hybridized carbons (Fsp3) is 0.923. The lowest BCUT2D eigenvalue weighted by Gasteiger charge is -2.30. The third-order valence-corrected chi connectivity index (χ3v) is 3.77. The van der Waals surface area contributed by atoms with Crippen LogP contribution in [0.1, 0.15) is 39.5 Å². The molecule has 1 atom stereocenters. The zero-order valence-corrected chi connectivity index (χ0v) is 11.2. The summed E-state index contributed by atoms with van der Waals surface area (Å²) in [6, 6.07) is 0.104. The van der Waals surface area contributed by atoms with Gasteiger partial charge >= 0.3 is 6.03 Å². The maximum absolute atomic E-state index is 11.9. The highest BCUT2D eigenvalue weighted by Crippen LogP contribution is 2.15. The van der Waals surface area contributed by atoms with Crippen molar-refractivity contribution in [2.24, 2.45) is 17.6 Å². The molecule has 4 heteroatoms. The Hall–Kier alpha value is -0.770. The van der Waals surface area contributed by atoms with Gasteiger partial charge in [0, 0.05) is 19.6 Å². The van der Waals surface area contributed by atoms with E-state index in [9.17, 15) is 4.79 Å². The van der Waals surface area contributed by atoms with Crippen molar-refractivity contribution < 1.29 is 4.79 Å². The Morgan fingerprint density at radius 2 is 2.12 bits per heavy atom. The molecule has 17 heavy (non-hydrogen) atoms. The number of hydrogen-bond acceptors (Lipinski definition) is 2. The van der Waals surface area contributed by atoms with Gasteiger partial charge in [0.1, 0.15) is 0 Å². The Bertz CT molecular complexity index is 225. The van der Waals surface area contributed by atoms with Crippen molar-refractivity contribution in [3.63, 3.8) is 0 Å². The average molecular weight is 241 g/mol. The van der Waals surface area contributed by atoms with Crippen LogP contribution in [0.3, 0.4) is 0 Å². The molecule has 0 aromatic heterocycles. The summed E-state index contributed by atoms with van der Waals surface area (Å²) in [5.41, 5.74) is 5.55. The topological polar surface area (TPSA) is 58.4 Å². The predicted molar refractivity (Wildman–Crippen MR) is 70.8 cm³/mol. The molecule has 1 fully saturated rings. The Labute approximate surface area is 105 Å². The van der Waals surface area contributed by atoms with Gasteiger partial charge in [-0.1, -0.05) is 20.3 Å². The molecule has 0 bridgehead atoms. The van der Waals surface area contributed by atoms with Crippen LogP contribution in [0, 0.1) is 11.8 Å². The van der Waals surface area contributed by atoms with Gasteiger partial charge in [-0.2, -0.15) is 0 Å². The Morgan fingerprint density at radius 1 is 1.47 bits per heavy atom. The highest BCUT2D eigenvalue weighted by Gasteiger charge is 2.20. The summed E-state index contributed by atoms with van der Waals surface area (Å²) < 4.78 is 0. The van der Waals surface area contributed by atoms with E-state index in [4.69, 9.17) is 5.73 Å². The summed E-state index contributed by atoms with van der Waals surface area (Å²) in [4.78, 5) is 13.9. The molecule has 1 aliphatic rings. The first kappa shape index (κ1) is 14.3. The van der Waals surface area contributed by atoms with E-state index in [1.807, 2.05) is 4.90 Å². The zero-order valence-electron chi connectivity index (χ0n) is 11.2. The monoisotopic (exact) mass is 241 g/mol. The van der Waals surface area contributed by atoms with Crippen molar-refractivity contribution in [1.82, 2.24) is 10.2 Å². The lowest BCUT2D eigenvalue weighted by Crippen LogP contribution is -2.45. The molecule has 0 aliphatic carbocycles. The lowest BCUT2D eigenvalue weighted by atomic mass is 9.99. The first-order valence-corrected chi connectivity index (χ1v) is 6.90. The largest absolute Gasteiger partial charge is 0.338 e. The minimum Gasteiger partial charge on any atom is -0.338 e. The quantitative estimate of drug-likeness (QED) is 0.771. The molecule has 0 aromatic rings. The summed E-state index contributed by atoms with van der Waals surface area (Å²) >= 11 is 0. The van der Waals surface area contributed by atoms with Gasteiger partial charge < -0.3 is 16.0 Å². The molecule has 1 heterocycles. The SMILES string of the molecule is CCC(CCN)CNC(=O)N1CCC(C)CC1. The van der Waals surface area contributed by atoms with Crippen LogP contribution in [0.25, 0.3) is 0 Å². The van der Waals surface area contributed by atoms with Crippen molar-refractivity contribution in [1.29, 1.82) is 0 Å². The molecule has 1 saturated heterocycles. The van der Waals surface area contributed by atoms with E-state index in [2.05, 4.69) is 19.2 Å². The van der Waals surface area contributed by atoms with Crippen molar-refractivity contribution in [3.05, 3.63) is 0 Å². The lowest BCUT2D eigenvalue weighted by molar-refractivity contribution is 0.172. The van der Waals surface area contributed by atoms with Crippen molar-refractivity contribution in [2.45, 2.75) is 39.5 Å². The number of hydrogen-bond donors (Lipinski definition) is 2. The second-order valence-electron chi connectivity index (χ2n) is 5.21. The number of nitrogens with two attached hydrogens (primary N) is 1. The number of piperidine rings is 1. The van der Waals surface area contributed by atoms with Gasteiger partial charge in [0.15, 0.2) is 0 Å². The van der Waals surface area contributed by atoms with E-state index in [1.54, 1.807) is 0 Å². The maximum atomic E-state index is 11.9. The first-order chi connectivity index (χ1) is 8.17. The highest BCUT2D eigenvalue weighted by molar-refractivity contribution is 5.74. The summed E-state index contributed by atoms with van der Waals surface area (Å²) in [5, 5.41) is 3.03. The fourth-order valence-corrected chi connectivity index (χ4v) is 2.24. The van der Waals surface area contributed by atoms with Crippen LogP contribution in [-0.4, -0.2) is 37.1 Å². The minimum absolute atomic E-state index is 0.104. The molecule has 2 amide bonds. The van der Waals surface area contributed by atoms with Gasteiger partial charge in [-0.3, -0.25) is 0 Å². The summed E-state index contributed by atoms with van der Waals surface area (Å²) in [5.74, 6) is 1.28. The van der Waals surface area contributed by atoms with Crippen molar-refractivity contribution in [2.75, 3.05) is 26.2 Å². The molecule has 0 aromatic carbocycles. The molecule has 4 nitrogen and oxygen atoms in total. The third kappa shape index (κ3) is 4.94. The zero-order chi connectivity index (χ0) is 12.7. The second kappa shape index (κ2) is 7.54. The molecule has 0 radical (unpaired) electrons. The number of nitrogens with zero attached hydrogens (tertiary/aromatic N) is 1. The van der Waals surface area contributed by atoms with Gasteiger partial charge in [0.05, 0.1) is 0 Å².